The zero-order valence-electron chi connectivity index (χ0n) is 14.6. The molecule has 0 fully saturated rings. The lowest BCUT2D eigenvalue weighted by atomic mass is 9.75. The molecule has 0 aliphatic heterocycles. The molecule has 0 aromatic heterocycles. The average molecular weight is 486 g/mol. The monoisotopic (exact) mass is 484 g/mol. The zero-order chi connectivity index (χ0) is 18.8. The van der Waals surface area contributed by atoms with Crippen molar-refractivity contribution >= 4 is 31.9 Å². The molecule has 5 rings (SSSR count). The van der Waals surface area contributed by atoms with E-state index in [9.17, 15) is 10.2 Å². The molecule has 136 valence electrons. The van der Waals surface area contributed by atoms with E-state index < -0.39 is 0 Å². The second-order valence-electron chi connectivity index (χ2n) is 7.52. The Hall–Kier alpha value is -1.46. The summed E-state index contributed by atoms with van der Waals surface area (Å²) < 4.78 is 2.19. The second kappa shape index (κ2) is 6.28. The van der Waals surface area contributed by atoms with E-state index in [1.54, 1.807) is 0 Å². The van der Waals surface area contributed by atoms with Crippen LogP contribution in [0.15, 0.2) is 57.5 Å². The summed E-state index contributed by atoms with van der Waals surface area (Å²) in [5.74, 6) is 0. The van der Waals surface area contributed by atoms with E-state index in [1.165, 1.54) is 33.4 Å². The number of halogens is 2. The third kappa shape index (κ3) is 2.51. The molecule has 3 aromatic rings. The highest BCUT2D eigenvalue weighted by molar-refractivity contribution is 9.10. The summed E-state index contributed by atoms with van der Waals surface area (Å²) in [4.78, 5) is 0. The van der Waals surface area contributed by atoms with Crippen molar-refractivity contribution in [3.63, 3.8) is 0 Å². The standard InChI is InChI=1S/C23H18Br2O2/c24-17-1-3-19-20-4-2-18(25)8-22(20)23(21(19)7-17)9-13-5-15(11-26)16(12-27)6-14(13)10-23/h1-8,26-27H,9-12H2. The van der Waals surface area contributed by atoms with Crippen molar-refractivity contribution in [1.82, 2.24) is 0 Å². The molecule has 0 amide bonds. The van der Waals surface area contributed by atoms with Gasteiger partial charge in [0.25, 0.3) is 0 Å². The van der Waals surface area contributed by atoms with Gasteiger partial charge in [-0.2, -0.15) is 0 Å². The summed E-state index contributed by atoms with van der Waals surface area (Å²) >= 11 is 7.32. The number of aliphatic hydroxyl groups is 2. The van der Waals surface area contributed by atoms with Gasteiger partial charge in [0.2, 0.25) is 0 Å². The van der Waals surface area contributed by atoms with Crippen molar-refractivity contribution in [3.8, 4) is 11.1 Å². The van der Waals surface area contributed by atoms with Gasteiger partial charge >= 0.3 is 0 Å². The van der Waals surface area contributed by atoms with Gasteiger partial charge in [-0.3, -0.25) is 0 Å². The highest BCUT2D eigenvalue weighted by Crippen LogP contribution is 2.56. The highest BCUT2D eigenvalue weighted by Gasteiger charge is 2.47. The Morgan fingerprint density at radius 2 is 1.15 bits per heavy atom. The summed E-state index contributed by atoms with van der Waals surface area (Å²) in [6.07, 6.45) is 1.82. The number of aliphatic hydroxyl groups excluding tert-OH is 2. The van der Waals surface area contributed by atoms with E-state index in [2.05, 4.69) is 80.4 Å². The van der Waals surface area contributed by atoms with Crippen LogP contribution in [-0.2, 0) is 31.5 Å². The highest BCUT2D eigenvalue weighted by atomic mass is 79.9. The molecule has 27 heavy (non-hydrogen) atoms. The van der Waals surface area contributed by atoms with Crippen LogP contribution >= 0.6 is 31.9 Å². The van der Waals surface area contributed by atoms with E-state index in [1.807, 2.05) is 0 Å². The minimum Gasteiger partial charge on any atom is -0.392 e. The lowest BCUT2D eigenvalue weighted by Crippen LogP contribution is -2.25. The van der Waals surface area contributed by atoms with Gasteiger partial charge < -0.3 is 10.2 Å². The molecule has 2 aliphatic carbocycles. The predicted octanol–water partition coefficient (Wildman–Crippen LogP) is 5.26. The summed E-state index contributed by atoms with van der Waals surface area (Å²) in [6.45, 7) is -0.0825. The molecule has 0 saturated heterocycles. The Morgan fingerprint density at radius 1 is 0.704 bits per heavy atom. The Bertz CT molecular complexity index is 1000. The molecule has 2 aliphatic rings. The largest absolute Gasteiger partial charge is 0.392 e. The van der Waals surface area contributed by atoms with Crippen molar-refractivity contribution in [3.05, 3.63) is 90.9 Å². The molecule has 2 nitrogen and oxygen atoms in total. The maximum atomic E-state index is 9.70. The first kappa shape index (κ1) is 17.6. The minimum atomic E-state index is -0.0959. The lowest BCUT2D eigenvalue weighted by molar-refractivity contribution is 0.260. The van der Waals surface area contributed by atoms with Gasteiger partial charge in [-0.15, -0.1) is 0 Å². The molecule has 1 spiro atoms. The number of rotatable bonds is 2. The van der Waals surface area contributed by atoms with Crippen LogP contribution in [0.2, 0.25) is 0 Å². The number of fused-ring (bicyclic) bond motifs is 6. The first-order valence-corrected chi connectivity index (χ1v) is 10.6. The molecule has 0 saturated carbocycles. The molecule has 0 heterocycles. The molecule has 0 unspecified atom stereocenters. The number of benzene rings is 3. The molecule has 0 bridgehead atoms. The van der Waals surface area contributed by atoms with Crippen molar-refractivity contribution in [2.75, 3.05) is 0 Å². The van der Waals surface area contributed by atoms with E-state index in [0.717, 1.165) is 32.9 Å². The molecule has 3 aromatic carbocycles. The fourth-order valence-corrected chi connectivity index (χ4v) is 5.67. The normalized spacial score (nSPS) is 15.7. The Kier molecular flexibility index (Phi) is 4.10. The number of hydrogen-bond acceptors (Lipinski definition) is 2. The molecular weight excluding hydrogens is 468 g/mol. The maximum absolute atomic E-state index is 9.70. The van der Waals surface area contributed by atoms with Gasteiger partial charge in [0.05, 0.1) is 13.2 Å². The Morgan fingerprint density at radius 3 is 1.56 bits per heavy atom. The zero-order valence-corrected chi connectivity index (χ0v) is 17.8. The van der Waals surface area contributed by atoms with Gasteiger partial charge in [-0.1, -0.05) is 56.1 Å². The van der Waals surface area contributed by atoms with Crippen LogP contribution in [0, 0.1) is 0 Å². The van der Waals surface area contributed by atoms with Crippen LogP contribution in [0.4, 0.5) is 0 Å². The topological polar surface area (TPSA) is 40.5 Å². The smallest absolute Gasteiger partial charge is 0.0685 e. The third-order valence-corrected chi connectivity index (χ3v) is 7.12. The molecular formula is C23H18Br2O2. The van der Waals surface area contributed by atoms with Crippen LogP contribution in [0.1, 0.15) is 33.4 Å². The summed E-state index contributed by atoms with van der Waals surface area (Å²) in [7, 11) is 0. The van der Waals surface area contributed by atoms with Crippen LogP contribution in [0.25, 0.3) is 11.1 Å². The van der Waals surface area contributed by atoms with E-state index >= 15 is 0 Å². The van der Waals surface area contributed by atoms with Crippen molar-refractivity contribution < 1.29 is 10.2 Å². The molecule has 0 atom stereocenters. The third-order valence-electron chi connectivity index (χ3n) is 6.13. The average Bonchev–Trinajstić information content (AvgIpc) is 3.16. The van der Waals surface area contributed by atoms with E-state index in [0.29, 0.717) is 0 Å². The minimum absolute atomic E-state index is 0.0412. The van der Waals surface area contributed by atoms with Crippen molar-refractivity contribution in [1.29, 1.82) is 0 Å². The van der Waals surface area contributed by atoms with Crippen LogP contribution in [0.5, 0.6) is 0 Å². The van der Waals surface area contributed by atoms with Crippen LogP contribution in [0.3, 0.4) is 0 Å². The lowest BCUT2D eigenvalue weighted by Gasteiger charge is -2.27. The number of hydrogen-bond donors (Lipinski definition) is 2. The molecule has 0 radical (unpaired) electrons. The molecule has 4 heteroatoms. The fourth-order valence-electron chi connectivity index (χ4n) is 4.95. The van der Waals surface area contributed by atoms with Gasteiger partial charge in [-0.05, 0) is 81.6 Å². The van der Waals surface area contributed by atoms with E-state index in [4.69, 9.17) is 0 Å². The first-order valence-electron chi connectivity index (χ1n) is 9.01. The predicted molar refractivity (Wildman–Crippen MR) is 114 cm³/mol. The fraction of sp³-hybridized carbons (Fsp3) is 0.217. The quantitative estimate of drug-likeness (QED) is 0.519. The SMILES string of the molecule is OCc1cc2c(cc1CO)CC1(C2)c2cc(Br)ccc2-c2ccc(Br)cc21. The summed E-state index contributed by atoms with van der Waals surface area (Å²) in [5, 5.41) is 19.4. The van der Waals surface area contributed by atoms with Gasteiger partial charge in [0.15, 0.2) is 0 Å². The van der Waals surface area contributed by atoms with Crippen LogP contribution in [-0.4, -0.2) is 10.2 Å². The van der Waals surface area contributed by atoms with Crippen LogP contribution < -0.4 is 0 Å². The summed E-state index contributed by atoms with van der Waals surface area (Å²) in [5.41, 5.74) is 9.43. The van der Waals surface area contributed by atoms with Gasteiger partial charge in [0.1, 0.15) is 0 Å². The van der Waals surface area contributed by atoms with Crippen molar-refractivity contribution in [2.45, 2.75) is 31.5 Å². The van der Waals surface area contributed by atoms with E-state index in [-0.39, 0.29) is 18.6 Å². The van der Waals surface area contributed by atoms with Gasteiger partial charge in [-0.25, -0.2) is 0 Å². The summed E-state index contributed by atoms with van der Waals surface area (Å²) in [6, 6.07) is 17.3. The second-order valence-corrected chi connectivity index (χ2v) is 9.35. The first-order chi connectivity index (χ1) is 13.1. The Labute approximate surface area is 175 Å². The van der Waals surface area contributed by atoms with Crippen molar-refractivity contribution in [2.24, 2.45) is 0 Å². The maximum Gasteiger partial charge on any atom is 0.0685 e. The van der Waals surface area contributed by atoms with Gasteiger partial charge in [0, 0.05) is 14.4 Å². The molecule has 2 N–H and O–H groups in total. The Balaban J connectivity index is 1.75.